The maximum atomic E-state index is 12.5. The highest BCUT2D eigenvalue weighted by Gasteiger charge is 2.21. The van der Waals surface area contributed by atoms with Crippen molar-refractivity contribution in [1.29, 1.82) is 5.26 Å². The highest BCUT2D eigenvalue weighted by Crippen LogP contribution is 2.33. The first-order valence-electron chi connectivity index (χ1n) is 8.19. The first-order valence-corrected chi connectivity index (χ1v) is 8.19. The van der Waals surface area contributed by atoms with Crippen LogP contribution in [0.3, 0.4) is 0 Å². The number of rotatable bonds is 6. The summed E-state index contributed by atoms with van der Waals surface area (Å²) in [4.78, 5) is 14.1. The topological polar surface area (TPSA) is 82.8 Å². The zero-order valence-electron chi connectivity index (χ0n) is 14.3. The number of benzene rings is 1. The Morgan fingerprint density at radius 3 is 2.80 bits per heavy atom. The molecule has 1 saturated heterocycles. The second-order valence-electron chi connectivity index (χ2n) is 5.53. The molecule has 0 aliphatic carbocycles. The molecule has 0 spiro atoms. The molecule has 25 heavy (non-hydrogen) atoms. The average Bonchev–Trinajstić information content (AvgIpc) is 2.64. The third-order valence-electron chi connectivity index (χ3n) is 3.80. The third kappa shape index (κ3) is 4.61. The van der Waals surface area contributed by atoms with E-state index in [-0.39, 0.29) is 17.2 Å². The molecular formula is C19H22N2O4. The van der Waals surface area contributed by atoms with Gasteiger partial charge in [0.05, 0.1) is 19.8 Å². The number of phenols is 1. The molecule has 0 unspecified atom stereocenters. The van der Waals surface area contributed by atoms with Gasteiger partial charge in [0.1, 0.15) is 11.6 Å². The van der Waals surface area contributed by atoms with Gasteiger partial charge >= 0.3 is 0 Å². The van der Waals surface area contributed by atoms with Crippen LogP contribution in [0.2, 0.25) is 0 Å². The summed E-state index contributed by atoms with van der Waals surface area (Å²) in [6, 6.07) is 5.32. The molecule has 0 aromatic heterocycles. The van der Waals surface area contributed by atoms with Crippen LogP contribution in [-0.2, 0) is 16.0 Å². The molecule has 2 rings (SSSR count). The average molecular weight is 342 g/mol. The van der Waals surface area contributed by atoms with E-state index in [1.165, 1.54) is 6.08 Å². The monoisotopic (exact) mass is 342 g/mol. The first-order chi connectivity index (χ1) is 12.1. The molecule has 0 bridgehead atoms. The van der Waals surface area contributed by atoms with E-state index in [1.807, 2.05) is 13.0 Å². The molecule has 0 atom stereocenters. The summed E-state index contributed by atoms with van der Waals surface area (Å²) in [5.41, 5.74) is 1.29. The van der Waals surface area contributed by atoms with Gasteiger partial charge in [0.25, 0.3) is 5.91 Å². The second kappa shape index (κ2) is 8.90. The lowest BCUT2D eigenvalue weighted by molar-refractivity contribution is -0.130. The van der Waals surface area contributed by atoms with Gasteiger partial charge in [-0.3, -0.25) is 4.79 Å². The Labute approximate surface area is 147 Å². The van der Waals surface area contributed by atoms with Gasteiger partial charge in [0.15, 0.2) is 11.5 Å². The highest BCUT2D eigenvalue weighted by atomic mass is 16.5. The van der Waals surface area contributed by atoms with Crippen molar-refractivity contribution in [2.24, 2.45) is 0 Å². The summed E-state index contributed by atoms with van der Waals surface area (Å²) in [5, 5.41) is 19.6. The van der Waals surface area contributed by atoms with Crippen LogP contribution in [0.25, 0.3) is 6.08 Å². The molecule has 6 heteroatoms. The molecule has 1 heterocycles. The van der Waals surface area contributed by atoms with E-state index in [9.17, 15) is 15.2 Å². The number of morpholine rings is 1. The first kappa shape index (κ1) is 18.6. The SMILES string of the molecule is C=CCc1cc(/C=C(/C#N)C(=O)N2CCOCC2)cc(OCC)c1O. The van der Waals surface area contributed by atoms with Gasteiger partial charge in [-0.2, -0.15) is 5.26 Å². The van der Waals surface area contributed by atoms with Crippen LogP contribution in [0.5, 0.6) is 11.5 Å². The van der Waals surface area contributed by atoms with E-state index in [0.29, 0.717) is 56.2 Å². The Morgan fingerprint density at radius 2 is 2.20 bits per heavy atom. The predicted octanol–water partition coefficient (Wildman–Crippen LogP) is 2.29. The Balaban J connectivity index is 2.37. The van der Waals surface area contributed by atoms with Gasteiger partial charge < -0.3 is 19.5 Å². The Morgan fingerprint density at radius 1 is 1.48 bits per heavy atom. The quantitative estimate of drug-likeness (QED) is 0.487. The zero-order chi connectivity index (χ0) is 18.2. The van der Waals surface area contributed by atoms with Crippen molar-refractivity contribution >= 4 is 12.0 Å². The molecule has 6 nitrogen and oxygen atoms in total. The number of amides is 1. The van der Waals surface area contributed by atoms with Crippen LogP contribution in [0.4, 0.5) is 0 Å². The number of hydrogen-bond donors (Lipinski definition) is 1. The fourth-order valence-corrected chi connectivity index (χ4v) is 2.59. The van der Waals surface area contributed by atoms with E-state index in [0.717, 1.165) is 0 Å². The van der Waals surface area contributed by atoms with Crippen LogP contribution in [0.1, 0.15) is 18.1 Å². The second-order valence-corrected chi connectivity index (χ2v) is 5.53. The Hall–Kier alpha value is -2.78. The molecule has 1 aromatic carbocycles. The molecule has 1 aliphatic rings. The molecule has 1 N–H and O–H groups in total. The largest absolute Gasteiger partial charge is 0.504 e. The number of carbonyl (C=O) groups excluding carboxylic acids is 1. The van der Waals surface area contributed by atoms with E-state index < -0.39 is 0 Å². The third-order valence-corrected chi connectivity index (χ3v) is 3.80. The molecule has 0 saturated carbocycles. The van der Waals surface area contributed by atoms with E-state index in [1.54, 1.807) is 23.1 Å². The summed E-state index contributed by atoms with van der Waals surface area (Å²) >= 11 is 0. The Kier molecular flexibility index (Phi) is 6.61. The van der Waals surface area contributed by atoms with Crippen LogP contribution >= 0.6 is 0 Å². The number of ether oxygens (including phenoxy) is 2. The van der Waals surface area contributed by atoms with Crippen molar-refractivity contribution in [3.8, 4) is 17.6 Å². The summed E-state index contributed by atoms with van der Waals surface area (Å²) in [6.07, 6.45) is 3.64. The number of aromatic hydroxyl groups is 1. The van der Waals surface area contributed by atoms with Crippen LogP contribution < -0.4 is 4.74 Å². The maximum absolute atomic E-state index is 12.5. The minimum absolute atomic E-state index is 0.0413. The van der Waals surface area contributed by atoms with Crippen molar-refractivity contribution in [1.82, 2.24) is 4.90 Å². The fourth-order valence-electron chi connectivity index (χ4n) is 2.59. The van der Waals surface area contributed by atoms with Crippen molar-refractivity contribution in [2.75, 3.05) is 32.9 Å². The van der Waals surface area contributed by atoms with Crippen molar-refractivity contribution in [3.05, 3.63) is 41.5 Å². The minimum atomic E-state index is -0.317. The van der Waals surface area contributed by atoms with Crippen LogP contribution in [0.15, 0.2) is 30.4 Å². The highest BCUT2D eigenvalue weighted by molar-refractivity contribution is 6.01. The standard InChI is InChI=1S/C19H22N2O4/c1-3-5-15-10-14(12-17(18(15)22)25-4-2)11-16(13-20)19(23)21-6-8-24-9-7-21/h3,10-12,22H,1,4-9H2,2H3/b16-11-. The van der Waals surface area contributed by atoms with Gasteiger partial charge in [-0.15, -0.1) is 6.58 Å². The molecular weight excluding hydrogens is 320 g/mol. The zero-order valence-corrected chi connectivity index (χ0v) is 14.3. The van der Waals surface area contributed by atoms with Gasteiger partial charge in [0, 0.05) is 18.7 Å². The van der Waals surface area contributed by atoms with E-state index in [4.69, 9.17) is 9.47 Å². The molecule has 1 aliphatic heterocycles. The van der Waals surface area contributed by atoms with Crippen molar-refractivity contribution < 1.29 is 19.4 Å². The summed E-state index contributed by atoms with van der Waals surface area (Å²) < 4.78 is 10.7. The molecule has 1 amide bonds. The smallest absolute Gasteiger partial charge is 0.264 e. The number of nitrogens with zero attached hydrogens (tertiary/aromatic N) is 2. The lowest BCUT2D eigenvalue weighted by atomic mass is 10.0. The van der Waals surface area contributed by atoms with Gasteiger partial charge in [-0.05, 0) is 37.1 Å². The molecule has 1 aromatic rings. The van der Waals surface area contributed by atoms with Gasteiger partial charge in [0.2, 0.25) is 0 Å². The van der Waals surface area contributed by atoms with Crippen LogP contribution in [0, 0.1) is 11.3 Å². The lowest BCUT2D eigenvalue weighted by Crippen LogP contribution is -2.41. The number of hydrogen-bond acceptors (Lipinski definition) is 5. The molecule has 132 valence electrons. The number of phenolic OH excluding ortho intramolecular Hbond substituents is 1. The molecule has 0 radical (unpaired) electrons. The van der Waals surface area contributed by atoms with E-state index >= 15 is 0 Å². The normalized spacial score (nSPS) is 14.7. The predicted molar refractivity (Wildman–Crippen MR) is 94.2 cm³/mol. The molecule has 1 fully saturated rings. The van der Waals surface area contributed by atoms with Crippen molar-refractivity contribution in [3.63, 3.8) is 0 Å². The number of carbonyl (C=O) groups is 1. The van der Waals surface area contributed by atoms with Crippen LogP contribution in [-0.4, -0.2) is 48.8 Å². The van der Waals surface area contributed by atoms with Gasteiger partial charge in [-0.1, -0.05) is 6.08 Å². The van der Waals surface area contributed by atoms with Gasteiger partial charge in [-0.25, -0.2) is 0 Å². The summed E-state index contributed by atoms with van der Waals surface area (Å²) in [5.74, 6) is 0.0585. The maximum Gasteiger partial charge on any atom is 0.264 e. The minimum Gasteiger partial charge on any atom is -0.504 e. The van der Waals surface area contributed by atoms with E-state index in [2.05, 4.69) is 6.58 Å². The summed E-state index contributed by atoms with van der Waals surface area (Å²) in [7, 11) is 0. The number of nitriles is 1. The number of allylic oxidation sites excluding steroid dienone is 1. The lowest BCUT2D eigenvalue weighted by Gasteiger charge is -2.26. The Bertz CT molecular complexity index is 713. The fraction of sp³-hybridized carbons (Fsp3) is 0.368. The van der Waals surface area contributed by atoms with Crippen molar-refractivity contribution in [2.45, 2.75) is 13.3 Å². The summed E-state index contributed by atoms with van der Waals surface area (Å²) in [6.45, 7) is 7.78.